The van der Waals surface area contributed by atoms with Gasteiger partial charge in [0.15, 0.2) is 0 Å². The molecule has 1 rings (SSSR count). The van der Waals surface area contributed by atoms with Crippen LogP contribution in [0.4, 0.5) is 0 Å². The van der Waals surface area contributed by atoms with E-state index in [2.05, 4.69) is 31.1 Å². The summed E-state index contributed by atoms with van der Waals surface area (Å²) in [5.41, 5.74) is 0. The molecule has 1 aliphatic heterocycles. The molecular weight excluding hydrogens is 228 g/mol. The van der Waals surface area contributed by atoms with Crippen LogP contribution in [0.25, 0.3) is 0 Å². The fourth-order valence-electron chi connectivity index (χ4n) is 2.33. The van der Waals surface area contributed by atoms with Gasteiger partial charge in [-0.1, -0.05) is 13.8 Å². The van der Waals surface area contributed by atoms with Crippen LogP contribution >= 0.6 is 0 Å². The number of nitrogens with zero attached hydrogens (tertiary/aromatic N) is 1. The Morgan fingerprint density at radius 1 is 1.39 bits per heavy atom. The Labute approximate surface area is 112 Å². The van der Waals surface area contributed by atoms with Crippen LogP contribution in [0.15, 0.2) is 0 Å². The molecule has 0 saturated carbocycles. The van der Waals surface area contributed by atoms with Gasteiger partial charge < -0.3 is 14.8 Å². The van der Waals surface area contributed by atoms with Crippen molar-refractivity contribution in [3.63, 3.8) is 0 Å². The normalized spacial score (nSPS) is 22.7. The molecule has 0 aromatic carbocycles. The van der Waals surface area contributed by atoms with Crippen molar-refractivity contribution in [3.05, 3.63) is 0 Å². The number of ether oxygens (including phenoxy) is 2. The third kappa shape index (κ3) is 6.14. The number of likely N-dealkylation sites (N-methyl/N-ethyl adjacent to an activating group) is 1. The van der Waals surface area contributed by atoms with Crippen molar-refractivity contribution in [3.8, 4) is 0 Å². The van der Waals surface area contributed by atoms with Gasteiger partial charge in [-0.3, -0.25) is 4.90 Å². The zero-order valence-electron chi connectivity index (χ0n) is 12.4. The minimum absolute atomic E-state index is 0.405. The molecule has 1 saturated heterocycles. The summed E-state index contributed by atoms with van der Waals surface area (Å²) >= 11 is 0. The molecule has 1 heterocycles. The van der Waals surface area contributed by atoms with Crippen LogP contribution in [0.2, 0.25) is 0 Å². The second-order valence-corrected chi connectivity index (χ2v) is 5.60. The Morgan fingerprint density at radius 2 is 2.17 bits per heavy atom. The molecule has 0 aromatic rings. The van der Waals surface area contributed by atoms with Crippen molar-refractivity contribution in [2.75, 3.05) is 40.5 Å². The van der Waals surface area contributed by atoms with Gasteiger partial charge in [0.25, 0.3) is 0 Å². The van der Waals surface area contributed by atoms with Crippen molar-refractivity contribution in [2.24, 2.45) is 0 Å². The smallest absolute Gasteiger partial charge is 0.0702 e. The molecular formula is C14H30N2O2. The maximum Gasteiger partial charge on any atom is 0.0702 e. The van der Waals surface area contributed by atoms with Crippen molar-refractivity contribution >= 4 is 0 Å². The van der Waals surface area contributed by atoms with Crippen LogP contribution in [0.3, 0.4) is 0 Å². The lowest BCUT2D eigenvalue weighted by atomic mass is 10.1. The molecule has 0 radical (unpaired) electrons. The van der Waals surface area contributed by atoms with Gasteiger partial charge in [0, 0.05) is 38.9 Å². The Morgan fingerprint density at radius 3 is 2.72 bits per heavy atom. The predicted octanol–water partition coefficient (Wildman–Crippen LogP) is 1.50. The maximum absolute atomic E-state index is 5.80. The highest BCUT2D eigenvalue weighted by Gasteiger charge is 2.21. The lowest BCUT2D eigenvalue weighted by Gasteiger charge is -2.33. The minimum atomic E-state index is 0.405. The molecule has 108 valence electrons. The van der Waals surface area contributed by atoms with Crippen molar-refractivity contribution < 1.29 is 9.47 Å². The van der Waals surface area contributed by atoms with Crippen molar-refractivity contribution in [1.82, 2.24) is 10.2 Å². The van der Waals surface area contributed by atoms with Gasteiger partial charge in [0.1, 0.15) is 0 Å². The van der Waals surface area contributed by atoms with Crippen molar-refractivity contribution in [1.29, 1.82) is 0 Å². The van der Waals surface area contributed by atoms with Gasteiger partial charge in [-0.2, -0.15) is 0 Å². The fraction of sp³-hybridized carbons (Fsp3) is 1.00. The average Bonchev–Trinajstić information content (AvgIpc) is 2.35. The quantitative estimate of drug-likeness (QED) is 0.715. The van der Waals surface area contributed by atoms with Gasteiger partial charge in [0.2, 0.25) is 0 Å². The summed E-state index contributed by atoms with van der Waals surface area (Å²) in [5.74, 6) is 0. The topological polar surface area (TPSA) is 33.7 Å². The highest BCUT2D eigenvalue weighted by molar-refractivity contribution is 4.76. The average molecular weight is 258 g/mol. The Bertz CT molecular complexity index is 206. The van der Waals surface area contributed by atoms with E-state index in [4.69, 9.17) is 9.47 Å². The Hall–Kier alpha value is -0.160. The summed E-state index contributed by atoms with van der Waals surface area (Å²) in [4.78, 5) is 2.37. The van der Waals surface area contributed by atoms with E-state index in [-0.39, 0.29) is 0 Å². The van der Waals surface area contributed by atoms with E-state index in [1.165, 1.54) is 19.3 Å². The van der Waals surface area contributed by atoms with Crippen LogP contribution < -0.4 is 5.32 Å². The highest BCUT2D eigenvalue weighted by atomic mass is 16.5. The summed E-state index contributed by atoms with van der Waals surface area (Å²) in [6, 6.07) is 0.937. The molecule has 4 nitrogen and oxygen atoms in total. The van der Waals surface area contributed by atoms with Gasteiger partial charge in [-0.05, 0) is 26.3 Å². The van der Waals surface area contributed by atoms with E-state index in [0.29, 0.717) is 18.2 Å². The Balaban J connectivity index is 2.34. The summed E-state index contributed by atoms with van der Waals surface area (Å²) < 4.78 is 11.1. The maximum atomic E-state index is 5.80. The van der Waals surface area contributed by atoms with Crippen LogP contribution in [-0.4, -0.2) is 63.5 Å². The van der Waals surface area contributed by atoms with Crippen LogP contribution in [-0.2, 0) is 9.47 Å². The first-order valence-corrected chi connectivity index (χ1v) is 7.17. The fourth-order valence-corrected chi connectivity index (χ4v) is 2.33. The molecule has 0 aromatic heterocycles. The van der Waals surface area contributed by atoms with E-state index < -0.39 is 0 Å². The van der Waals surface area contributed by atoms with Gasteiger partial charge >= 0.3 is 0 Å². The van der Waals surface area contributed by atoms with Crippen LogP contribution in [0.5, 0.6) is 0 Å². The molecule has 0 aliphatic carbocycles. The van der Waals surface area contributed by atoms with Crippen molar-refractivity contribution in [2.45, 2.75) is 51.3 Å². The summed E-state index contributed by atoms with van der Waals surface area (Å²) in [6.45, 7) is 8.02. The largest absolute Gasteiger partial charge is 0.383 e. The highest BCUT2D eigenvalue weighted by Crippen LogP contribution is 2.14. The first kappa shape index (κ1) is 15.9. The van der Waals surface area contributed by atoms with E-state index in [9.17, 15) is 0 Å². The summed E-state index contributed by atoms with van der Waals surface area (Å²) in [7, 11) is 3.94. The molecule has 0 spiro atoms. The number of hydrogen-bond acceptors (Lipinski definition) is 4. The number of hydrogen-bond donors (Lipinski definition) is 1. The molecule has 0 amide bonds. The number of rotatable bonds is 8. The molecule has 4 heteroatoms. The van der Waals surface area contributed by atoms with Gasteiger partial charge in [-0.15, -0.1) is 0 Å². The van der Waals surface area contributed by atoms with Gasteiger partial charge in [-0.25, -0.2) is 0 Å². The third-order valence-corrected chi connectivity index (χ3v) is 3.51. The Kier molecular flexibility index (Phi) is 7.82. The molecule has 18 heavy (non-hydrogen) atoms. The van der Waals surface area contributed by atoms with E-state index >= 15 is 0 Å². The van der Waals surface area contributed by atoms with E-state index in [1.807, 2.05) is 0 Å². The molecule has 0 bridgehead atoms. The third-order valence-electron chi connectivity index (χ3n) is 3.51. The molecule has 2 unspecified atom stereocenters. The molecule has 2 atom stereocenters. The first-order valence-electron chi connectivity index (χ1n) is 7.17. The zero-order chi connectivity index (χ0) is 13.4. The minimum Gasteiger partial charge on any atom is -0.383 e. The standard InChI is InChI=1S/C14H30N2O2/c1-12(2)15-9-13(11-17-4)16(3)10-14-7-5-6-8-18-14/h12-15H,5-11H2,1-4H3. The van der Waals surface area contributed by atoms with E-state index in [0.717, 1.165) is 26.3 Å². The number of nitrogens with one attached hydrogen (secondary N) is 1. The number of methoxy groups -OCH3 is 1. The first-order chi connectivity index (χ1) is 8.63. The zero-order valence-corrected chi connectivity index (χ0v) is 12.4. The molecule has 1 N–H and O–H groups in total. The second kappa shape index (κ2) is 8.86. The predicted molar refractivity (Wildman–Crippen MR) is 75.0 cm³/mol. The summed E-state index contributed by atoms with van der Waals surface area (Å²) in [5, 5.41) is 3.49. The van der Waals surface area contributed by atoms with E-state index in [1.54, 1.807) is 7.11 Å². The second-order valence-electron chi connectivity index (χ2n) is 5.60. The van der Waals surface area contributed by atoms with Crippen LogP contribution in [0.1, 0.15) is 33.1 Å². The SMILES string of the molecule is COCC(CNC(C)C)N(C)CC1CCCCO1. The van der Waals surface area contributed by atoms with Crippen LogP contribution in [0, 0.1) is 0 Å². The summed E-state index contributed by atoms with van der Waals surface area (Å²) in [6.07, 6.45) is 4.12. The lowest BCUT2D eigenvalue weighted by Crippen LogP contribution is -2.47. The lowest BCUT2D eigenvalue weighted by molar-refractivity contribution is -0.0148. The monoisotopic (exact) mass is 258 g/mol. The molecule has 1 fully saturated rings. The molecule has 1 aliphatic rings. The van der Waals surface area contributed by atoms with Gasteiger partial charge in [0.05, 0.1) is 12.7 Å².